The number of hydrogen-bond donors (Lipinski definition) is 2. The third-order valence-electron chi connectivity index (χ3n) is 5.40. The predicted molar refractivity (Wildman–Crippen MR) is 126 cm³/mol. The molecule has 0 saturated heterocycles. The van der Waals surface area contributed by atoms with Crippen molar-refractivity contribution in [2.45, 2.75) is 13.8 Å². The van der Waals surface area contributed by atoms with Gasteiger partial charge >= 0.3 is 0 Å². The first-order valence-electron chi connectivity index (χ1n) is 10.8. The molecule has 0 aliphatic heterocycles. The number of nitrogens with zero attached hydrogens (tertiary/aromatic N) is 5. The number of rotatable bonds is 9. The van der Waals surface area contributed by atoms with E-state index in [-0.39, 0.29) is 5.91 Å². The van der Waals surface area contributed by atoms with E-state index < -0.39 is 0 Å². The molecule has 0 radical (unpaired) electrons. The Balaban J connectivity index is 1.45. The fourth-order valence-corrected chi connectivity index (χ4v) is 3.55. The highest BCUT2D eigenvalue weighted by Gasteiger charge is 2.11. The predicted octanol–water partition coefficient (Wildman–Crippen LogP) is 3.61. The molecule has 0 aliphatic rings. The number of carbonyl (C=O) groups excluding carboxylic acids is 1. The highest BCUT2D eigenvalue weighted by Crippen LogP contribution is 2.24. The molecule has 0 aliphatic carbocycles. The van der Waals surface area contributed by atoms with E-state index in [4.69, 9.17) is 0 Å². The van der Waals surface area contributed by atoms with Gasteiger partial charge in [0.05, 0.1) is 11.9 Å². The Morgan fingerprint density at radius 3 is 2.56 bits per heavy atom. The SMILES string of the molecule is CCN(CC)CCNC(=O)c1ccc(Nc2ncc(-c3cccnc3)n3ccnc23)cc1. The van der Waals surface area contributed by atoms with Crippen LogP contribution in [-0.2, 0) is 0 Å². The Morgan fingerprint density at radius 1 is 1.03 bits per heavy atom. The van der Waals surface area contributed by atoms with Crippen LogP contribution in [0.3, 0.4) is 0 Å². The number of benzene rings is 1. The second-order valence-corrected chi connectivity index (χ2v) is 7.34. The van der Waals surface area contributed by atoms with E-state index in [0.717, 1.165) is 36.6 Å². The van der Waals surface area contributed by atoms with E-state index in [0.29, 0.717) is 23.6 Å². The highest BCUT2D eigenvalue weighted by atomic mass is 16.1. The molecule has 1 aromatic carbocycles. The molecular weight excluding hydrogens is 402 g/mol. The van der Waals surface area contributed by atoms with Crippen molar-refractivity contribution >= 4 is 23.1 Å². The number of fused-ring (bicyclic) bond motifs is 1. The summed E-state index contributed by atoms with van der Waals surface area (Å²) in [4.78, 5) is 27.9. The van der Waals surface area contributed by atoms with Crippen LogP contribution >= 0.6 is 0 Å². The molecule has 164 valence electrons. The van der Waals surface area contributed by atoms with Crippen molar-refractivity contribution in [2.75, 3.05) is 31.5 Å². The Bertz CT molecular complexity index is 1170. The maximum absolute atomic E-state index is 12.4. The van der Waals surface area contributed by atoms with E-state index >= 15 is 0 Å². The summed E-state index contributed by atoms with van der Waals surface area (Å²) in [6.45, 7) is 7.68. The molecule has 0 unspecified atom stereocenters. The van der Waals surface area contributed by atoms with Gasteiger partial charge in [-0.2, -0.15) is 0 Å². The third-order valence-corrected chi connectivity index (χ3v) is 5.40. The van der Waals surface area contributed by atoms with Gasteiger partial charge in [0.15, 0.2) is 11.5 Å². The highest BCUT2D eigenvalue weighted by molar-refractivity contribution is 5.94. The first kappa shape index (κ1) is 21.5. The van der Waals surface area contributed by atoms with Gasteiger partial charge in [-0.25, -0.2) is 9.97 Å². The summed E-state index contributed by atoms with van der Waals surface area (Å²) < 4.78 is 1.98. The zero-order valence-electron chi connectivity index (χ0n) is 18.3. The topological polar surface area (TPSA) is 87.5 Å². The lowest BCUT2D eigenvalue weighted by molar-refractivity contribution is 0.0949. The Hall–Kier alpha value is -3.78. The van der Waals surface area contributed by atoms with E-state index in [1.54, 1.807) is 24.8 Å². The van der Waals surface area contributed by atoms with Gasteiger partial charge in [0.2, 0.25) is 0 Å². The minimum Gasteiger partial charge on any atom is -0.351 e. The zero-order chi connectivity index (χ0) is 22.3. The van der Waals surface area contributed by atoms with Crippen LogP contribution in [0.15, 0.2) is 67.4 Å². The average Bonchev–Trinajstić information content (AvgIpc) is 3.33. The summed E-state index contributed by atoms with van der Waals surface area (Å²) in [7, 11) is 0. The molecule has 2 N–H and O–H groups in total. The van der Waals surface area contributed by atoms with Crippen molar-refractivity contribution < 1.29 is 4.79 Å². The summed E-state index contributed by atoms with van der Waals surface area (Å²) in [5.41, 5.74) is 4.04. The lowest BCUT2D eigenvalue weighted by Crippen LogP contribution is -2.34. The molecule has 8 nitrogen and oxygen atoms in total. The molecule has 8 heteroatoms. The lowest BCUT2D eigenvalue weighted by Gasteiger charge is -2.18. The fourth-order valence-electron chi connectivity index (χ4n) is 3.55. The fraction of sp³-hybridized carbons (Fsp3) is 0.250. The summed E-state index contributed by atoms with van der Waals surface area (Å²) in [6.07, 6.45) is 8.98. The smallest absolute Gasteiger partial charge is 0.251 e. The van der Waals surface area contributed by atoms with Crippen LogP contribution in [0, 0.1) is 0 Å². The summed E-state index contributed by atoms with van der Waals surface area (Å²) in [6, 6.07) is 11.2. The van der Waals surface area contributed by atoms with Crippen LogP contribution in [0.4, 0.5) is 11.5 Å². The van der Waals surface area contributed by atoms with Gasteiger partial charge in [-0.05, 0) is 49.5 Å². The summed E-state index contributed by atoms with van der Waals surface area (Å²) in [5.74, 6) is 0.567. The maximum Gasteiger partial charge on any atom is 0.251 e. The second kappa shape index (κ2) is 10.0. The van der Waals surface area contributed by atoms with Crippen molar-refractivity contribution in [1.82, 2.24) is 29.6 Å². The molecule has 3 aromatic heterocycles. The molecular formula is C24H27N7O. The van der Waals surface area contributed by atoms with Crippen molar-refractivity contribution in [2.24, 2.45) is 0 Å². The number of aromatic nitrogens is 4. The third kappa shape index (κ3) is 4.76. The minimum atomic E-state index is -0.0710. The minimum absolute atomic E-state index is 0.0710. The van der Waals surface area contributed by atoms with Crippen LogP contribution in [0.2, 0.25) is 0 Å². The number of carbonyl (C=O) groups is 1. The van der Waals surface area contributed by atoms with E-state index in [9.17, 15) is 4.79 Å². The van der Waals surface area contributed by atoms with Gasteiger partial charge in [-0.15, -0.1) is 0 Å². The van der Waals surface area contributed by atoms with Crippen LogP contribution < -0.4 is 10.6 Å². The first-order valence-corrected chi connectivity index (χ1v) is 10.8. The summed E-state index contributed by atoms with van der Waals surface area (Å²) in [5, 5.41) is 6.28. The average molecular weight is 430 g/mol. The number of likely N-dealkylation sites (N-methyl/N-ethyl adjacent to an activating group) is 1. The molecule has 0 spiro atoms. The second-order valence-electron chi connectivity index (χ2n) is 7.34. The standard InChI is InChI=1S/C24H27N7O/c1-3-30(4-2)14-12-27-24(32)18-7-9-20(10-8-18)29-22-23-26-13-15-31(23)21(17-28-22)19-6-5-11-25-16-19/h5-11,13,15-17H,3-4,12,14H2,1-2H3,(H,27,32)(H,28,29). The van der Waals surface area contributed by atoms with Gasteiger partial charge in [-0.3, -0.25) is 14.2 Å². The molecule has 1 amide bonds. The lowest BCUT2D eigenvalue weighted by atomic mass is 10.2. The molecule has 3 heterocycles. The Labute approximate surface area is 187 Å². The normalized spacial score (nSPS) is 11.1. The number of nitrogens with one attached hydrogen (secondary N) is 2. The van der Waals surface area contributed by atoms with Gasteiger partial charge < -0.3 is 15.5 Å². The van der Waals surface area contributed by atoms with Gasteiger partial charge in [0.1, 0.15) is 0 Å². The van der Waals surface area contributed by atoms with E-state index in [2.05, 4.69) is 44.3 Å². The number of imidazole rings is 1. The van der Waals surface area contributed by atoms with Gasteiger partial charge in [0.25, 0.3) is 5.91 Å². The largest absolute Gasteiger partial charge is 0.351 e. The van der Waals surface area contributed by atoms with Crippen molar-refractivity contribution in [3.8, 4) is 11.3 Å². The van der Waals surface area contributed by atoms with Crippen molar-refractivity contribution in [3.63, 3.8) is 0 Å². The number of anilines is 2. The number of hydrogen-bond acceptors (Lipinski definition) is 6. The quantitative estimate of drug-likeness (QED) is 0.423. The molecule has 0 saturated carbocycles. The molecule has 32 heavy (non-hydrogen) atoms. The van der Waals surface area contributed by atoms with Crippen LogP contribution in [0.5, 0.6) is 0 Å². The van der Waals surface area contributed by atoms with E-state index in [1.165, 1.54) is 0 Å². The van der Waals surface area contributed by atoms with Crippen LogP contribution in [0.25, 0.3) is 16.9 Å². The molecule has 4 rings (SSSR count). The summed E-state index contributed by atoms with van der Waals surface area (Å²) >= 11 is 0. The number of amides is 1. The van der Waals surface area contributed by atoms with Gasteiger partial charge in [0, 0.05) is 54.7 Å². The maximum atomic E-state index is 12.4. The van der Waals surface area contributed by atoms with Crippen molar-refractivity contribution in [1.29, 1.82) is 0 Å². The van der Waals surface area contributed by atoms with Crippen LogP contribution in [-0.4, -0.2) is 56.3 Å². The van der Waals surface area contributed by atoms with Crippen molar-refractivity contribution in [3.05, 3.63) is 72.9 Å². The number of pyridine rings is 1. The molecule has 4 aromatic rings. The van der Waals surface area contributed by atoms with Gasteiger partial charge in [-0.1, -0.05) is 13.8 Å². The van der Waals surface area contributed by atoms with Crippen LogP contribution in [0.1, 0.15) is 24.2 Å². The molecule has 0 fully saturated rings. The van der Waals surface area contributed by atoms with E-state index in [1.807, 2.05) is 47.0 Å². The Kier molecular flexibility index (Phi) is 6.72. The Morgan fingerprint density at radius 2 is 1.84 bits per heavy atom. The molecule has 0 atom stereocenters. The zero-order valence-corrected chi connectivity index (χ0v) is 18.3. The first-order chi connectivity index (χ1) is 15.7. The monoisotopic (exact) mass is 429 g/mol. The molecule has 0 bridgehead atoms.